The minimum Gasteiger partial charge on any atom is -0.389 e. The number of halogens is 2. The van der Waals surface area contributed by atoms with E-state index in [1.807, 2.05) is 30.3 Å². The summed E-state index contributed by atoms with van der Waals surface area (Å²) in [6.07, 6.45) is 1.80. The maximum Gasteiger partial charge on any atom is 0.0769 e. The third kappa shape index (κ3) is 2.51. The fraction of sp³-hybridized carbons (Fsp3) is 0.250. The molecule has 2 aromatic carbocycles. The number of hydrogen-bond acceptors (Lipinski definition) is 1. The standard InChI is InChI=1S/C16H14Cl2O/c17-14-6-3-7-15(18)13(14)10-16(19)8-11-4-1-2-5-12(11)9-16/h1-7,19H,8-10H2. The van der Waals surface area contributed by atoms with Gasteiger partial charge in [0.05, 0.1) is 5.60 Å². The molecule has 19 heavy (non-hydrogen) atoms. The van der Waals surface area contributed by atoms with E-state index >= 15 is 0 Å². The molecule has 3 heteroatoms. The highest BCUT2D eigenvalue weighted by molar-refractivity contribution is 6.36. The molecular formula is C16H14Cl2O. The number of rotatable bonds is 2. The van der Waals surface area contributed by atoms with Gasteiger partial charge in [0.25, 0.3) is 0 Å². The molecule has 1 aliphatic carbocycles. The molecule has 0 aromatic heterocycles. The van der Waals surface area contributed by atoms with E-state index in [2.05, 4.69) is 12.1 Å². The first-order chi connectivity index (χ1) is 9.07. The minimum absolute atomic E-state index is 0.486. The predicted molar refractivity (Wildman–Crippen MR) is 79.0 cm³/mol. The van der Waals surface area contributed by atoms with Crippen LogP contribution in [0.4, 0.5) is 0 Å². The van der Waals surface area contributed by atoms with Gasteiger partial charge in [0, 0.05) is 29.3 Å². The van der Waals surface area contributed by atoms with Crippen molar-refractivity contribution >= 4 is 23.2 Å². The number of hydrogen-bond donors (Lipinski definition) is 1. The predicted octanol–water partition coefficient (Wildman–Crippen LogP) is 4.07. The molecule has 2 aromatic rings. The Labute approximate surface area is 122 Å². The molecule has 0 atom stereocenters. The Balaban J connectivity index is 1.89. The molecule has 1 N–H and O–H groups in total. The van der Waals surface area contributed by atoms with Crippen molar-refractivity contribution in [1.82, 2.24) is 0 Å². The van der Waals surface area contributed by atoms with Crippen LogP contribution in [0.2, 0.25) is 10.0 Å². The summed E-state index contributed by atoms with van der Waals surface area (Å²) in [5.74, 6) is 0. The highest BCUT2D eigenvalue weighted by Crippen LogP contribution is 2.36. The molecular weight excluding hydrogens is 279 g/mol. The highest BCUT2D eigenvalue weighted by Gasteiger charge is 2.35. The Kier molecular flexibility index (Phi) is 3.30. The molecule has 0 amide bonds. The van der Waals surface area contributed by atoms with Crippen molar-refractivity contribution in [2.75, 3.05) is 0 Å². The minimum atomic E-state index is -0.779. The van der Waals surface area contributed by atoms with Crippen LogP contribution in [0.25, 0.3) is 0 Å². The van der Waals surface area contributed by atoms with Crippen LogP contribution < -0.4 is 0 Å². The number of benzene rings is 2. The van der Waals surface area contributed by atoms with E-state index in [1.165, 1.54) is 11.1 Å². The number of aliphatic hydroxyl groups is 1. The summed E-state index contributed by atoms with van der Waals surface area (Å²) >= 11 is 12.4. The first-order valence-electron chi connectivity index (χ1n) is 6.29. The molecule has 0 heterocycles. The maximum absolute atomic E-state index is 10.8. The Bertz CT molecular complexity index is 577. The molecule has 1 aliphatic rings. The smallest absolute Gasteiger partial charge is 0.0769 e. The largest absolute Gasteiger partial charge is 0.389 e. The van der Waals surface area contributed by atoms with Crippen molar-refractivity contribution in [3.63, 3.8) is 0 Å². The third-order valence-electron chi connectivity index (χ3n) is 3.72. The van der Waals surface area contributed by atoms with Crippen molar-refractivity contribution in [3.8, 4) is 0 Å². The Hall–Kier alpha value is -1.02. The normalized spacial score (nSPS) is 16.4. The van der Waals surface area contributed by atoms with E-state index in [0.29, 0.717) is 29.3 Å². The molecule has 3 rings (SSSR count). The molecule has 0 bridgehead atoms. The molecule has 98 valence electrons. The van der Waals surface area contributed by atoms with Crippen LogP contribution in [0.3, 0.4) is 0 Å². The first kappa shape index (κ1) is 13.0. The van der Waals surface area contributed by atoms with E-state index in [4.69, 9.17) is 23.2 Å². The maximum atomic E-state index is 10.8. The van der Waals surface area contributed by atoms with E-state index < -0.39 is 5.60 Å². The Morgan fingerprint density at radius 3 is 1.95 bits per heavy atom. The van der Waals surface area contributed by atoms with Crippen LogP contribution >= 0.6 is 23.2 Å². The molecule has 0 unspecified atom stereocenters. The first-order valence-corrected chi connectivity index (χ1v) is 7.05. The van der Waals surface area contributed by atoms with Crippen molar-refractivity contribution in [2.24, 2.45) is 0 Å². The fourth-order valence-corrected chi connectivity index (χ4v) is 3.36. The zero-order valence-corrected chi connectivity index (χ0v) is 11.9. The van der Waals surface area contributed by atoms with Gasteiger partial charge in [-0.25, -0.2) is 0 Å². The lowest BCUT2D eigenvalue weighted by atomic mass is 9.91. The lowest BCUT2D eigenvalue weighted by molar-refractivity contribution is 0.0518. The van der Waals surface area contributed by atoms with Crippen molar-refractivity contribution in [2.45, 2.75) is 24.9 Å². The van der Waals surface area contributed by atoms with Gasteiger partial charge in [-0.3, -0.25) is 0 Å². The molecule has 0 spiro atoms. The van der Waals surface area contributed by atoms with E-state index in [0.717, 1.165) is 5.56 Å². The van der Waals surface area contributed by atoms with Gasteiger partial charge in [0.2, 0.25) is 0 Å². The van der Waals surface area contributed by atoms with E-state index in [9.17, 15) is 5.11 Å². The van der Waals surface area contributed by atoms with Gasteiger partial charge in [-0.05, 0) is 28.8 Å². The van der Waals surface area contributed by atoms with Crippen molar-refractivity contribution in [1.29, 1.82) is 0 Å². The lowest BCUT2D eigenvalue weighted by Gasteiger charge is -2.23. The van der Waals surface area contributed by atoms with Crippen LogP contribution in [-0.2, 0) is 19.3 Å². The molecule has 0 radical (unpaired) electrons. The Morgan fingerprint density at radius 1 is 0.895 bits per heavy atom. The summed E-state index contributed by atoms with van der Waals surface area (Å²) in [6.45, 7) is 0. The summed E-state index contributed by atoms with van der Waals surface area (Å²) in [4.78, 5) is 0. The second-order valence-corrected chi connectivity index (χ2v) is 6.04. The van der Waals surface area contributed by atoms with Gasteiger partial charge < -0.3 is 5.11 Å². The summed E-state index contributed by atoms with van der Waals surface area (Å²) in [7, 11) is 0. The average Bonchev–Trinajstić information content (AvgIpc) is 2.70. The lowest BCUT2D eigenvalue weighted by Crippen LogP contribution is -2.32. The van der Waals surface area contributed by atoms with E-state index in [1.54, 1.807) is 0 Å². The van der Waals surface area contributed by atoms with Gasteiger partial charge in [-0.15, -0.1) is 0 Å². The molecule has 0 aliphatic heterocycles. The van der Waals surface area contributed by atoms with Crippen LogP contribution in [-0.4, -0.2) is 10.7 Å². The zero-order valence-electron chi connectivity index (χ0n) is 10.4. The third-order valence-corrected chi connectivity index (χ3v) is 4.43. The van der Waals surface area contributed by atoms with Crippen molar-refractivity contribution in [3.05, 3.63) is 69.2 Å². The summed E-state index contributed by atoms with van der Waals surface area (Å²) in [5, 5.41) is 12.0. The number of fused-ring (bicyclic) bond motifs is 1. The Morgan fingerprint density at radius 2 is 1.42 bits per heavy atom. The van der Waals surface area contributed by atoms with Gasteiger partial charge in [-0.2, -0.15) is 0 Å². The summed E-state index contributed by atoms with van der Waals surface area (Å²) in [6, 6.07) is 13.6. The van der Waals surface area contributed by atoms with Gasteiger partial charge in [-0.1, -0.05) is 53.5 Å². The SMILES string of the molecule is OC1(Cc2c(Cl)cccc2Cl)Cc2ccccc2C1. The molecule has 0 saturated heterocycles. The summed E-state index contributed by atoms with van der Waals surface area (Å²) in [5.41, 5.74) is 2.49. The van der Waals surface area contributed by atoms with Gasteiger partial charge >= 0.3 is 0 Å². The molecule has 0 fully saturated rings. The molecule has 1 nitrogen and oxygen atoms in total. The van der Waals surface area contributed by atoms with Crippen LogP contribution in [0.5, 0.6) is 0 Å². The van der Waals surface area contributed by atoms with Crippen molar-refractivity contribution < 1.29 is 5.11 Å². The topological polar surface area (TPSA) is 20.2 Å². The fourth-order valence-electron chi connectivity index (χ4n) is 2.83. The zero-order chi connectivity index (χ0) is 13.5. The van der Waals surface area contributed by atoms with Crippen LogP contribution in [0.15, 0.2) is 42.5 Å². The van der Waals surface area contributed by atoms with Crippen LogP contribution in [0, 0.1) is 0 Å². The second-order valence-electron chi connectivity index (χ2n) is 5.22. The van der Waals surface area contributed by atoms with Gasteiger partial charge in [0.15, 0.2) is 0 Å². The van der Waals surface area contributed by atoms with Crippen LogP contribution in [0.1, 0.15) is 16.7 Å². The monoisotopic (exact) mass is 292 g/mol. The summed E-state index contributed by atoms with van der Waals surface area (Å²) < 4.78 is 0. The average molecular weight is 293 g/mol. The highest BCUT2D eigenvalue weighted by atomic mass is 35.5. The molecule has 0 saturated carbocycles. The van der Waals surface area contributed by atoms with Gasteiger partial charge in [0.1, 0.15) is 0 Å². The van der Waals surface area contributed by atoms with E-state index in [-0.39, 0.29) is 0 Å². The quantitative estimate of drug-likeness (QED) is 0.885. The second kappa shape index (κ2) is 4.82.